The highest BCUT2D eigenvalue weighted by molar-refractivity contribution is 5.86. The van der Waals surface area contributed by atoms with Crippen molar-refractivity contribution in [2.24, 2.45) is 11.8 Å². The quantitative estimate of drug-likeness (QED) is 0.508. The minimum atomic E-state index is -0.186. The standard InChI is InChI=1S/C11H21N3O3/c1-8-5-12-6-9(8)11(16)14-7-10(15)13-3-4-17-2/h8-9,12H,3-7H2,1-2H3,(H,13,15)(H,14,16). The molecule has 0 bridgehead atoms. The van der Waals surface area contributed by atoms with Gasteiger partial charge >= 0.3 is 0 Å². The second-order valence-corrected chi connectivity index (χ2v) is 4.30. The van der Waals surface area contributed by atoms with Crippen molar-refractivity contribution in [2.75, 3.05) is 39.9 Å². The van der Waals surface area contributed by atoms with E-state index in [0.717, 1.165) is 6.54 Å². The molecule has 1 saturated heterocycles. The number of ether oxygens (including phenoxy) is 1. The summed E-state index contributed by atoms with van der Waals surface area (Å²) < 4.78 is 4.80. The van der Waals surface area contributed by atoms with Gasteiger partial charge in [0, 0.05) is 20.2 Å². The van der Waals surface area contributed by atoms with Crippen molar-refractivity contribution in [3.05, 3.63) is 0 Å². The normalized spacial score (nSPS) is 23.4. The van der Waals surface area contributed by atoms with Crippen LogP contribution in [0.3, 0.4) is 0 Å². The smallest absolute Gasteiger partial charge is 0.239 e. The summed E-state index contributed by atoms with van der Waals surface area (Å²) in [6.07, 6.45) is 0. The fourth-order valence-corrected chi connectivity index (χ4v) is 1.81. The van der Waals surface area contributed by atoms with Crippen LogP contribution in [0.2, 0.25) is 0 Å². The SMILES string of the molecule is COCCNC(=O)CNC(=O)C1CNCC1C. The van der Waals surface area contributed by atoms with Gasteiger partial charge in [-0.05, 0) is 12.5 Å². The van der Waals surface area contributed by atoms with E-state index in [1.165, 1.54) is 0 Å². The molecule has 0 spiro atoms. The van der Waals surface area contributed by atoms with E-state index in [2.05, 4.69) is 16.0 Å². The number of hydrogen-bond donors (Lipinski definition) is 3. The van der Waals surface area contributed by atoms with Gasteiger partial charge in [-0.2, -0.15) is 0 Å². The van der Waals surface area contributed by atoms with Crippen LogP contribution in [0.1, 0.15) is 6.92 Å². The van der Waals surface area contributed by atoms with Crippen LogP contribution in [0.5, 0.6) is 0 Å². The third-order valence-electron chi connectivity index (χ3n) is 2.91. The molecule has 0 saturated carbocycles. The van der Waals surface area contributed by atoms with E-state index in [4.69, 9.17) is 4.74 Å². The maximum absolute atomic E-state index is 11.7. The zero-order chi connectivity index (χ0) is 12.7. The maximum Gasteiger partial charge on any atom is 0.239 e. The van der Waals surface area contributed by atoms with Crippen LogP contribution < -0.4 is 16.0 Å². The highest BCUT2D eigenvalue weighted by Crippen LogP contribution is 2.15. The Balaban J connectivity index is 2.16. The lowest BCUT2D eigenvalue weighted by Crippen LogP contribution is -2.41. The molecule has 6 nitrogen and oxygen atoms in total. The highest BCUT2D eigenvalue weighted by Gasteiger charge is 2.29. The van der Waals surface area contributed by atoms with Crippen LogP contribution in [0.25, 0.3) is 0 Å². The van der Waals surface area contributed by atoms with Crippen LogP contribution in [0.4, 0.5) is 0 Å². The van der Waals surface area contributed by atoms with E-state index >= 15 is 0 Å². The average molecular weight is 243 g/mol. The molecule has 3 N–H and O–H groups in total. The Hall–Kier alpha value is -1.14. The van der Waals surface area contributed by atoms with Crippen LogP contribution in [0, 0.1) is 11.8 Å². The molecule has 0 aliphatic carbocycles. The minimum Gasteiger partial charge on any atom is -0.383 e. The van der Waals surface area contributed by atoms with Crippen LogP contribution in [-0.4, -0.2) is 51.7 Å². The molecule has 0 aromatic rings. The number of nitrogens with one attached hydrogen (secondary N) is 3. The highest BCUT2D eigenvalue weighted by atomic mass is 16.5. The molecule has 17 heavy (non-hydrogen) atoms. The van der Waals surface area contributed by atoms with E-state index in [1.54, 1.807) is 7.11 Å². The number of carbonyl (C=O) groups excluding carboxylic acids is 2. The molecule has 2 atom stereocenters. The van der Waals surface area contributed by atoms with E-state index < -0.39 is 0 Å². The zero-order valence-electron chi connectivity index (χ0n) is 10.4. The summed E-state index contributed by atoms with van der Waals surface area (Å²) in [5, 5.41) is 8.45. The van der Waals surface area contributed by atoms with Gasteiger partial charge in [-0.25, -0.2) is 0 Å². The summed E-state index contributed by atoms with van der Waals surface area (Å²) in [5.74, 6) is 0.0618. The second-order valence-electron chi connectivity index (χ2n) is 4.30. The fraction of sp³-hybridized carbons (Fsp3) is 0.818. The van der Waals surface area contributed by atoms with Crippen molar-refractivity contribution in [2.45, 2.75) is 6.92 Å². The summed E-state index contributed by atoms with van der Waals surface area (Å²) in [7, 11) is 1.57. The molecule has 1 aliphatic heterocycles. The number of hydrogen-bond acceptors (Lipinski definition) is 4. The van der Waals surface area contributed by atoms with Crippen molar-refractivity contribution in [3.8, 4) is 0 Å². The van der Waals surface area contributed by atoms with Gasteiger partial charge < -0.3 is 20.7 Å². The number of amides is 2. The number of methoxy groups -OCH3 is 1. The zero-order valence-corrected chi connectivity index (χ0v) is 10.4. The molecule has 0 radical (unpaired) electrons. The predicted molar refractivity (Wildman–Crippen MR) is 63.4 cm³/mol. The fourth-order valence-electron chi connectivity index (χ4n) is 1.81. The van der Waals surface area contributed by atoms with Gasteiger partial charge in [0.2, 0.25) is 11.8 Å². The lowest BCUT2D eigenvalue weighted by molar-refractivity contribution is -0.128. The summed E-state index contributed by atoms with van der Waals surface area (Å²) in [6.45, 7) is 4.56. The van der Waals surface area contributed by atoms with E-state index in [0.29, 0.717) is 25.6 Å². The Bertz CT molecular complexity index is 271. The van der Waals surface area contributed by atoms with Gasteiger partial charge in [0.05, 0.1) is 19.1 Å². The molecular weight excluding hydrogens is 222 g/mol. The third-order valence-corrected chi connectivity index (χ3v) is 2.91. The third kappa shape index (κ3) is 4.70. The van der Waals surface area contributed by atoms with Crippen molar-refractivity contribution in [1.29, 1.82) is 0 Å². The monoisotopic (exact) mass is 243 g/mol. The molecule has 98 valence electrons. The summed E-state index contributed by atoms with van der Waals surface area (Å²) in [6, 6.07) is 0. The molecule has 6 heteroatoms. The summed E-state index contributed by atoms with van der Waals surface area (Å²) in [4.78, 5) is 23.1. The van der Waals surface area contributed by atoms with Crippen molar-refractivity contribution >= 4 is 11.8 Å². The lowest BCUT2D eigenvalue weighted by Gasteiger charge is -2.13. The van der Waals surface area contributed by atoms with Gasteiger partial charge in [-0.1, -0.05) is 6.92 Å². The van der Waals surface area contributed by atoms with Gasteiger partial charge in [-0.15, -0.1) is 0 Å². The molecule has 1 fully saturated rings. The van der Waals surface area contributed by atoms with E-state index in [1.807, 2.05) is 6.92 Å². The number of carbonyl (C=O) groups is 2. The molecule has 0 aromatic carbocycles. The van der Waals surface area contributed by atoms with Gasteiger partial charge in [0.15, 0.2) is 0 Å². The predicted octanol–water partition coefficient (Wildman–Crippen LogP) is -1.28. The molecule has 1 rings (SSSR count). The minimum absolute atomic E-state index is 0.0261. The Labute approximate surface area is 101 Å². The average Bonchev–Trinajstić information content (AvgIpc) is 2.73. The van der Waals surface area contributed by atoms with Crippen LogP contribution >= 0.6 is 0 Å². The molecule has 2 unspecified atom stereocenters. The summed E-state index contributed by atoms with van der Waals surface area (Å²) >= 11 is 0. The van der Waals surface area contributed by atoms with Gasteiger partial charge in [0.25, 0.3) is 0 Å². The van der Waals surface area contributed by atoms with E-state index in [9.17, 15) is 9.59 Å². The first-order valence-corrected chi connectivity index (χ1v) is 5.89. The lowest BCUT2D eigenvalue weighted by atomic mass is 9.97. The Morgan fingerprint density at radius 1 is 1.35 bits per heavy atom. The molecule has 1 aliphatic rings. The molecule has 2 amide bonds. The molecular formula is C11H21N3O3. The van der Waals surface area contributed by atoms with Gasteiger partial charge in [-0.3, -0.25) is 9.59 Å². The number of rotatable bonds is 6. The topological polar surface area (TPSA) is 79.5 Å². The van der Waals surface area contributed by atoms with Crippen molar-refractivity contribution in [3.63, 3.8) is 0 Å². The molecule has 0 aromatic heterocycles. The second kappa shape index (κ2) is 7.24. The summed E-state index contributed by atoms with van der Waals surface area (Å²) in [5.41, 5.74) is 0. The van der Waals surface area contributed by atoms with Crippen LogP contribution in [0.15, 0.2) is 0 Å². The largest absolute Gasteiger partial charge is 0.383 e. The first-order chi connectivity index (χ1) is 8.15. The van der Waals surface area contributed by atoms with Crippen LogP contribution in [-0.2, 0) is 14.3 Å². The Morgan fingerprint density at radius 3 is 2.71 bits per heavy atom. The first kappa shape index (κ1) is 13.9. The Kier molecular flexibility index (Phi) is 5.93. The molecule has 1 heterocycles. The first-order valence-electron chi connectivity index (χ1n) is 5.89. The Morgan fingerprint density at radius 2 is 2.12 bits per heavy atom. The van der Waals surface area contributed by atoms with Crippen molar-refractivity contribution in [1.82, 2.24) is 16.0 Å². The van der Waals surface area contributed by atoms with Crippen molar-refractivity contribution < 1.29 is 14.3 Å². The van der Waals surface area contributed by atoms with Gasteiger partial charge in [0.1, 0.15) is 0 Å². The maximum atomic E-state index is 11.7. The van der Waals surface area contributed by atoms with E-state index in [-0.39, 0.29) is 24.3 Å².